The van der Waals surface area contributed by atoms with Gasteiger partial charge in [-0.15, -0.1) is 0 Å². The van der Waals surface area contributed by atoms with E-state index in [9.17, 15) is 9.59 Å². The van der Waals surface area contributed by atoms with Crippen LogP contribution in [0.4, 0.5) is 11.4 Å². The van der Waals surface area contributed by atoms with E-state index >= 15 is 0 Å². The van der Waals surface area contributed by atoms with Crippen LogP contribution in [0, 0.1) is 35.5 Å². The molecular formula is C34H38N2O2. The standard InChI is InChI=1S/C34H38N2O2/c37-31-25-3-1-2-4-26(25)32(38)30-28(36-34-16-22-10-23(17-34)12-24(11-22)18-34)6-5-27(29(30)31)35-33-13-19-7-20(14-33)9-21(8-19)15-33/h1-6,19-24,35-36H,7-18H2. The maximum Gasteiger partial charge on any atom is 0.196 e. The molecule has 4 nitrogen and oxygen atoms in total. The van der Waals surface area contributed by atoms with E-state index in [1.807, 2.05) is 24.3 Å². The third-order valence-electron chi connectivity index (χ3n) is 12.0. The number of nitrogens with one attached hydrogen (secondary N) is 2. The van der Waals surface area contributed by atoms with Crippen molar-refractivity contribution in [3.8, 4) is 0 Å². The number of carbonyl (C=O) groups is 2. The summed E-state index contributed by atoms with van der Waals surface area (Å²) in [5.74, 6) is 4.94. The predicted molar refractivity (Wildman–Crippen MR) is 149 cm³/mol. The molecule has 0 radical (unpaired) electrons. The van der Waals surface area contributed by atoms with Crippen LogP contribution in [0.15, 0.2) is 36.4 Å². The largest absolute Gasteiger partial charge is 0.379 e. The van der Waals surface area contributed by atoms with Crippen LogP contribution in [0.25, 0.3) is 0 Å². The molecule has 4 heteroatoms. The number of hydrogen-bond donors (Lipinski definition) is 2. The lowest BCUT2D eigenvalue weighted by Gasteiger charge is -2.57. The molecule has 9 aliphatic rings. The van der Waals surface area contributed by atoms with Gasteiger partial charge in [-0.05, 0) is 125 Å². The molecule has 2 N–H and O–H groups in total. The van der Waals surface area contributed by atoms with Gasteiger partial charge in [0.1, 0.15) is 0 Å². The maximum absolute atomic E-state index is 14.2. The highest BCUT2D eigenvalue weighted by molar-refractivity contribution is 6.32. The van der Waals surface area contributed by atoms with Crippen molar-refractivity contribution in [1.29, 1.82) is 0 Å². The van der Waals surface area contributed by atoms with E-state index in [0.717, 1.165) is 46.9 Å². The number of ketones is 2. The van der Waals surface area contributed by atoms with E-state index in [1.165, 1.54) is 77.0 Å². The minimum Gasteiger partial charge on any atom is -0.379 e. The first-order valence-corrected chi connectivity index (χ1v) is 15.4. The van der Waals surface area contributed by atoms with Crippen LogP contribution in [0.1, 0.15) is 109 Å². The summed E-state index contributed by atoms with van der Waals surface area (Å²) in [7, 11) is 0. The number of carbonyl (C=O) groups excluding carboxylic acids is 2. The number of benzene rings is 2. The zero-order valence-electron chi connectivity index (χ0n) is 22.2. The molecule has 0 saturated heterocycles. The Morgan fingerprint density at radius 3 is 1.13 bits per heavy atom. The number of hydrogen-bond acceptors (Lipinski definition) is 4. The average molecular weight is 507 g/mol. The number of anilines is 2. The highest BCUT2D eigenvalue weighted by Gasteiger charge is 2.53. The molecule has 0 amide bonds. The lowest BCUT2D eigenvalue weighted by Crippen LogP contribution is -2.55. The monoisotopic (exact) mass is 506 g/mol. The molecule has 2 aromatic rings. The molecule has 196 valence electrons. The minimum absolute atomic E-state index is 0.0107. The van der Waals surface area contributed by atoms with Crippen molar-refractivity contribution in [2.45, 2.75) is 88.1 Å². The van der Waals surface area contributed by atoms with Crippen molar-refractivity contribution in [2.75, 3.05) is 10.6 Å². The molecule has 0 spiro atoms. The fraction of sp³-hybridized carbons (Fsp3) is 0.588. The zero-order chi connectivity index (χ0) is 25.2. The van der Waals surface area contributed by atoms with Gasteiger partial charge in [0, 0.05) is 33.6 Å². The van der Waals surface area contributed by atoms with Gasteiger partial charge in [0.2, 0.25) is 0 Å². The first-order valence-electron chi connectivity index (χ1n) is 15.4. The van der Waals surface area contributed by atoms with Gasteiger partial charge in [0.25, 0.3) is 0 Å². The van der Waals surface area contributed by atoms with Gasteiger partial charge in [-0.2, -0.15) is 0 Å². The van der Waals surface area contributed by atoms with Gasteiger partial charge < -0.3 is 10.6 Å². The molecule has 0 aliphatic heterocycles. The SMILES string of the molecule is O=C1c2ccccc2C(=O)c2c(NC34CC5CC(CC(C5)C3)C4)ccc(NC34CC5CC(CC(C5)C3)C4)c21. The van der Waals surface area contributed by atoms with Crippen LogP contribution in [0.3, 0.4) is 0 Å². The van der Waals surface area contributed by atoms with E-state index < -0.39 is 0 Å². The van der Waals surface area contributed by atoms with Gasteiger partial charge in [0.05, 0.1) is 11.1 Å². The molecule has 8 saturated carbocycles. The van der Waals surface area contributed by atoms with Gasteiger partial charge >= 0.3 is 0 Å². The van der Waals surface area contributed by atoms with E-state index in [2.05, 4.69) is 22.8 Å². The molecule has 38 heavy (non-hydrogen) atoms. The summed E-state index contributed by atoms with van der Waals surface area (Å²) in [4.78, 5) is 28.3. The van der Waals surface area contributed by atoms with E-state index in [0.29, 0.717) is 22.3 Å². The van der Waals surface area contributed by atoms with Crippen molar-refractivity contribution in [3.05, 3.63) is 58.7 Å². The smallest absolute Gasteiger partial charge is 0.196 e. The van der Waals surface area contributed by atoms with Crippen LogP contribution in [-0.4, -0.2) is 22.6 Å². The Hall–Kier alpha value is -2.62. The molecule has 0 unspecified atom stereocenters. The van der Waals surface area contributed by atoms with Gasteiger partial charge in [-0.1, -0.05) is 24.3 Å². The van der Waals surface area contributed by atoms with Crippen LogP contribution >= 0.6 is 0 Å². The Bertz CT molecular complexity index is 1210. The van der Waals surface area contributed by atoms with Crippen LogP contribution in [0.5, 0.6) is 0 Å². The van der Waals surface area contributed by atoms with E-state index in [1.54, 1.807) is 0 Å². The first kappa shape index (κ1) is 22.2. The Morgan fingerprint density at radius 2 is 0.816 bits per heavy atom. The van der Waals surface area contributed by atoms with Crippen LogP contribution in [-0.2, 0) is 0 Å². The van der Waals surface area contributed by atoms with Crippen LogP contribution in [0.2, 0.25) is 0 Å². The zero-order valence-corrected chi connectivity index (χ0v) is 22.2. The molecule has 0 aromatic heterocycles. The minimum atomic E-state index is 0.0107. The molecule has 0 heterocycles. The Balaban J connectivity index is 1.15. The summed E-state index contributed by atoms with van der Waals surface area (Å²) in [6.07, 6.45) is 15.6. The molecule has 11 rings (SSSR count). The molecule has 9 aliphatic carbocycles. The topological polar surface area (TPSA) is 58.2 Å². The molecular weight excluding hydrogens is 468 g/mol. The van der Waals surface area contributed by atoms with Crippen molar-refractivity contribution >= 4 is 22.9 Å². The van der Waals surface area contributed by atoms with Gasteiger partial charge in [-0.3, -0.25) is 9.59 Å². The second-order valence-corrected chi connectivity index (χ2v) is 14.8. The van der Waals surface area contributed by atoms with Gasteiger partial charge in [0.15, 0.2) is 11.6 Å². The Kier molecular flexibility index (Phi) is 4.40. The first-order chi connectivity index (χ1) is 18.4. The van der Waals surface area contributed by atoms with Crippen LogP contribution < -0.4 is 10.6 Å². The van der Waals surface area contributed by atoms with E-state index in [-0.39, 0.29) is 22.6 Å². The quantitative estimate of drug-likeness (QED) is 0.392. The highest BCUT2D eigenvalue weighted by atomic mass is 16.1. The molecule has 8 fully saturated rings. The predicted octanol–water partition coefficient (Wildman–Crippen LogP) is 7.22. The number of rotatable bonds is 4. The number of fused-ring (bicyclic) bond motifs is 2. The fourth-order valence-corrected chi connectivity index (χ4v) is 11.5. The highest BCUT2D eigenvalue weighted by Crippen LogP contribution is 2.58. The van der Waals surface area contributed by atoms with Crippen molar-refractivity contribution in [1.82, 2.24) is 0 Å². The summed E-state index contributed by atoms with van der Waals surface area (Å²) in [5, 5.41) is 7.96. The van der Waals surface area contributed by atoms with Crippen molar-refractivity contribution < 1.29 is 9.59 Å². The molecule has 0 atom stereocenters. The third kappa shape index (κ3) is 3.15. The summed E-state index contributed by atoms with van der Waals surface area (Å²) >= 11 is 0. The molecule has 8 bridgehead atoms. The summed E-state index contributed by atoms with van der Waals surface area (Å²) < 4.78 is 0. The van der Waals surface area contributed by atoms with Gasteiger partial charge in [-0.25, -0.2) is 0 Å². The Morgan fingerprint density at radius 1 is 0.500 bits per heavy atom. The second kappa shape index (κ2) is 7.52. The third-order valence-corrected chi connectivity index (χ3v) is 12.0. The summed E-state index contributed by atoms with van der Waals surface area (Å²) in [6, 6.07) is 11.7. The normalized spacial score (nSPS) is 41.3. The lowest BCUT2D eigenvalue weighted by molar-refractivity contribution is 0.0104. The average Bonchev–Trinajstić information content (AvgIpc) is 2.86. The fourth-order valence-electron chi connectivity index (χ4n) is 11.5. The van der Waals surface area contributed by atoms with Crippen molar-refractivity contribution in [3.63, 3.8) is 0 Å². The summed E-state index contributed by atoms with van der Waals surface area (Å²) in [6.45, 7) is 0. The van der Waals surface area contributed by atoms with E-state index in [4.69, 9.17) is 0 Å². The second-order valence-electron chi connectivity index (χ2n) is 14.8. The Labute approximate surface area is 225 Å². The lowest BCUT2D eigenvalue weighted by atomic mass is 9.53. The molecule has 2 aromatic carbocycles. The maximum atomic E-state index is 14.2. The summed E-state index contributed by atoms with van der Waals surface area (Å²) in [5.41, 5.74) is 4.32. The van der Waals surface area contributed by atoms with Crippen molar-refractivity contribution in [2.24, 2.45) is 35.5 Å².